The number of aryl methyl sites for hydroxylation is 1. The first-order chi connectivity index (χ1) is 6.22. The lowest BCUT2D eigenvalue weighted by Gasteiger charge is -2.10. The summed E-state index contributed by atoms with van der Waals surface area (Å²) in [4.78, 5) is 11.3. The van der Waals surface area contributed by atoms with Gasteiger partial charge in [0.05, 0.1) is 19.2 Å². The van der Waals surface area contributed by atoms with Gasteiger partial charge in [-0.15, -0.1) is 11.6 Å². The van der Waals surface area contributed by atoms with Gasteiger partial charge in [0.25, 0.3) is 0 Å². The van der Waals surface area contributed by atoms with E-state index in [4.69, 9.17) is 16.3 Å². The van der Waals surface area contributed by atoms with E-state index in [-0.39, 0.29) is 5.43 Å². The molecule has 1 aromatic heterocycles. The van der Waals surface area contributed by atoms with Crippen molar-refractivity contribution in [1.29, 1.82) is 0 Å². The van der Waals surface area contributed by atoms with E-state index in [1.165, 1.54) is 13.2 Å². The maximum absolute atomic E-state index is 11.3. The summed E-state index contributed by atoms with van der Waals surface area (Å²) in [5.41, 5.74) is 0.692. The van der Waals surface area contributed by atoms with Crippen LogP contribution in [0.15, 0.2) is 17.1 Å². The second-order valence-corrected chi connectivity index (χ2v) is 2.88. The van der Waals surface area contributed by atoms with Crippen molar-refractivity contribution in [3.63, 3.8) is 0 Å². The van der Waals surface area contributed by atoms with E-state index in [2.05, 4.69) is 0 Å². The summed E-state index contributed by atoms with van der Waals surface area (Å²) < 4.78 is 6.81. The molecule has 1 aromatic rings. The minimum Gasteiger partial charge on any atom is -0.491 e. The normalized spacial score (nSPS) is 10.1. The molecule has 0 bridgehead atoms. The number of rotatable bonds is 3. The molecule has 0 radical (unpaired) electrons. The average molecular weight is 202 g/mol. The number of ether oxygens (including phenoxy) is 1. The van der Waals surface area contributed by atoms with Crippen molar-refractivity contribution >= 4 is 11.6 Å². The van der Waals surface area contributed by atoms with Gasteiger partial charge in [-0.1, -0.05) is 0 Å². The number of alkyl halides is 1. The zero-order valence-corrected chi connectivity index (χ0v) is 8.47. The van der Waals surface area contributed by atoms with Crippen molar-refractivity contribution in [3.05, 3.63) is 28.2 Å². The highest BCUT2D eigenvalue weighted by atomic mass is 35.5. The van der Waals surface area contributed by atoms with Crippen LogP contribution in [0.5, 0.6) is 5.75 Å². The van der Waals surface area contributed by atoms with Crippen molar-refractivity contribution in [3.8, 4) is 5.75 Å². The number of pyridine rings is 1. The average Bonchev–Trinajstić information content (AvgIpc) is 2.17. The van der Waals surface area contributed by atoms with Crippen molar-refractivity contribution in [2.24, 2.45) is 0 Å². The Morgan fingerprint density at radius 1 is 1.62 bits per heavy atom. The smallest absolute Gasteiger partial charge is 0.223 e. The summed E-state index contributed by atoms with van der Waals surface area (Å²) in [6.45, 7) is 2.76. The van der Waals surface area contributed by atoms with Gasteiger partial charge in [-0.3, -0.25) is 4.79 Å². The molecule has 0 amide bonds. The molecule has 0 unspecified atom stereocenters. The van der Waals surface area contributed by atoms with Crippen molar-refractivity contribution in [1.82, 2.24) is 4.57 Å². The molecule has 1 rings (SSSR count). The molecule has 0 aliphatic rings. The van der Waals surface area contributed by atoms with Gasteiger partial charge in [0.15, 0.2) is 5.75 Å². The third-order valence-corrected chi connectivity index (χ3v) is 2.15. The Morgan fingerprint density at radius 3 is 2.77 bits per heavy atom. The molecular weight excluding hydrogens is 190 g/mol. The first-order valence-electron chi connectivity index (χ1n) is 4.06. The van der Waals surface area contributed by atoms with E-state index in [0.29, 0.717) is 11.6 Å². The number of halogens is 1. The summed E-state index contributed by atoms with van der Waals surface area (Å²) >= 11 is 5.68. The largest absolute Gasteiger partial charge is 0.491 e. The van der Waals surface area contributed by atoms with E-state index in [1.807, 2.05) is 11.5 Å². The molecule has 0 N–H and O–H groups in total. The Hall–Kier alpha value is -0.960. The van der Waals surface area contributed by atoms with Gasteiger partial charge in [-0.2, -0.15) is 0 Å². The van der Waals surface area contributed by atoms with Crippen LogP contribution < -0.4 is 10.2 Å². The molecule has 13 heavy (non-hydrogen) atoms. The molecule has 0 aromatic carbocycles. The summed E-state index contributed by atoms with van der Waals surface area (Å²) in [5, 5.41) is 0. The van der Waals surface area contributed by atoms with Crippen LogP contribution >= 0.6 is 11.6 Å². The zero-order valence-electron chi connectivity index (χ0n) is 7.71. The van der Waals surface area contributed by atoms with Crippen LogP contribution in [0.25, 0.3) is 0 Å². The summed E-state index contributed by atoms with van der Waals surface area (Å²) in [6.07, 6.45) is 1.68. The van der Waals surface area contributed by atoms with Gasteiger partial charge in [0.2, 0.25) is 5.43 Å². The first-order valence-corrected chi connectivity index (χ1v) is 4.59. The SMILES string of the molecule is CCn1cc(OC)c(=O)cc1CCl. The second-order valence-electron chi connectivity index (χ2n) is 2.62. The predicted molar refractivity (Wildman–Crippen MR) is 52.5 cm³/mol. The highest BCUT2D eigenvalue weighted by Crippen LogP contribution is 2.08. The van der Waals surface area contributed by atoms with Gasteiger partial charge in [-0.25, -0.2) is 0 Å². The van der Waals surface area contributed by atoms with Gasteiger partial charge < -0.3 is 9.30 Å². The Labute approximate surface area is 81.9 Å². The summed E-state index contributed by atoms with van der Waals surface area (Å²) in [6, 6.07) is 1.51. The fourth-order valence-electron chi connectivity index (χ4n) is 1.16. The Morgan fingerprint density at radius 2 is 2.31 bits per heavy atom. The number of methoxy groups -OCH3 is 1. The molecule has 0 atom stereocenters. The van der Waals surface area contributed by atoms with Crippen LogP contribution in [0, 0.1) is 0 Å². The highest BCUT2D eigenvalue weighted by molar-refractivity contribution is 6.16. The van der Waals surface area contributed by atoms with E-state index in [0.717, 1.165) is 12.2 Å². The molecule has 0 aliphatic heterocycles. The third-order valence-electron chi connectivity index (χ3n) is 1.88. The molecule has 1 heterocycles. The van der Waals surface area contributed by atoms with Crippen LogP contribution in [0.4, 0.5) is 0 Å². The molecule has 0 spiro atoms. The van der Waals surface area contributed by atoms with Crippen molar-refractivity contribution in [2.75, 3.05) is 7.11 Å². The van der Waals surface area contributed by atoms with Crippen molar-refractivity contribution in [2.45, 2.75) is 19.3 Å². The number of hydrogen-bond donors (Lipinski definition) is 0. The first kappa shape index (κ1) is 10.1. The molecule has 0 saturated heterocycles. The van der Waals surface area contributed by atoms with E-state index in [1.54, 1.807) is 6.20 Å². The molecule has 0 saturated carbocycles. The fraction of sp³-hybridized carbons (Fsp3) is 0.444. The molecule has 3 nitrogen and oxygen atoms in total. The molecule has 0 aliphatic carbocycles. The van der Waals surface area contributed by atoms with Crippen LogP contribution in [-0.4, -0.2) is 11.7 Å². The lowest BCUT2D eigenvalue weighted by Crippen LogP contribution is -2.12. The molecule has 0 fully saturated rings. The molecule has 72 valence electrons. The minimum atomic E-state index is -0.122. The third kappa shape index (κ3) is 2.04. The Balaban J connectivity index is 3.26. The van der Waals surface area contributed by atoms with Gasteiger partial charge >= 0.3 is 0 Å². The Kier molecular flexibility index (Phi) is 3.37. The maximum atomic E-state index is 11.3. The van der Waals surface area contributed by atoms with E-state index >= 15 is 0 Å². The van der Waals surface area contributed by atoms with Gasteiger partial charge in [-0.05, 0) is 6.92 Å². The summed E-state index contributed by atoms with van der Waals surface area (Å²) in [5.74, 6) is 0.697. The Bertz CT molecular complexity index is 346. The fourth-order valence-corrected chi connectivity index (χ4v) is 1.39. The highest BCUT2D eigenvalue weighted by Gasteiger charge is 2.04. The second kappa shape index (κ2) is 4.33. The predicted octanol–water partition coefficient (Wildman–Crippen LogP) is 1.62. The van der Waals surface area contributed by atoms with Crippen LogP contribution in [0.1, 0.15) is 12.6 Å². The number of nitrogens with zero attached hydrogens (tertiary/aromatic N) is 1. The zero-order chi connectivity index (χ0) is 9.84. The topological polar surface area (TPSA) is 31.2 Å². The van der Waals surface area contributed by atoms with Crippen molar-refractivity contribution < 1.29 is 4.74 Å². The van der Waals surface area contributed by atoms with Crippen LogP contribution in [0.2, 0.25) is 0 Å². The summed E-state index contributed by atoms with van der Waals surface area (Å²) in [7, 11) is 1.48. The van der Waals surface area contributed by atoms with E-state index in [9.17, 15) is 4.79 Å². The van der Waals surface area contributed by atoms with E-state index < -0.39 is 0 Å². The molecule has 4 heteroatoms. The molecular formula is C9H12ClNO2. The lowest BCUT2D eigenvalue weighted by molar-refractivity contribution is 0.404. The monoisotopic (exact) mass is 201 g/mol. The van der Waals surface area contributed by atoms with Crippen LogP contribution in [-0.2, 0) is 12.4 Å². The van der Waals surface area contributed by atoms with Crippen LogP contribution in [0.3, 0.4) is 0 Å². The lowest BCUT2D eigenvalue weighted by atomic mass is 10.3. The van der Waals surface area contributed by atoms with Gasteiger partial charge in [0, 0.05) is 18.3 Å². The standard InChI is InChI=1S/C9H12ClNO2/c1-3-11-6-9(13-2)8(12)4-7(11)5-10/h4,6H,3,5H2,1-2H3. The number of aromatic nitrogens is 1. The maximum Gasteiger partial charge on any atom is 0.223 e. The quantitative estimate of drug-likeness (QED) is 0.696. The van der Waals surface area contributed by atoms with Gasteiger partial charge in [0.1, 0.15) is 0 Å². The minimum absolute atomic E-state index is 0.122. The number of hydrogen-bond acceptors (Lipinski definition) is 2.